The largest absolute Gasteiger partial charge is 0.476 e. The summed E-state index contributed by atoms with van der Waals surface area (Å²) in [7, 11) is 1.53. The minimum absolute atomic E-state index is 0.107. The van der Waals surface area contributed by atoms with Crippen molar-refractivity contribution < 1.29 is 23.8 Å². The molecule has 0 N–H and O–H groups in total. The topological polar surface area (TPSA) is 78.0 Å². The van der Waals surface area contributed by atoms with E-state index in [4.69, 9.17) is 43.8 Å². The number of nitrogens with zero attached hydrogens (tertiary/aromatic N) is 2. The third-order valence-corrected chi connectivity index (χ3v) is 6.64. The molecular weight excluding hydrogens is 515 g/mol. The maximum atomic E-state index is 14.1. The van der Waals surface area contributed by atoms with Gasteiger partial charge in [0, 0.05) is 36.7 Å². The number of hydrogen-bond donors (Lipinski definition) is 0. The minimum Gasteiger partial charge on any atom is -0.476 e. The molecule has 196 valence electrons. The molecule has 9 heteroatoms. The minimum atomic E-state index is -0.550. The number of aromatic nitrogens is 1. The highest BCUT2D eigenvalue weighted by atomic mass is 35.5. The van der Waals surface area contributed by atoms with Gasteiger partial charge in [-0.2, -0.15) is 0 Å². The molecule has 7 nitrogen and oxygen atoms in total. The van der Waals surface area contributed by atoms with Crippen molar-refractivity contribution in [3.8, 4) is 18.1 Å². The summed E-state index contributed by atoms with van der Waals surface area (Å²) in [5.41, 5.74) is 2.93. The number of halogens is 2. The summed E-state index contributed by atoms with van der Waals surface area (Å²) >= 11 is 13.0. The molecule has 0 bridgehead atoms. The summed E-state index contributed by atoms with van der Waals surface area (Å²) in [4.78, 5) is 32.8. The molecule has 1 heterocycles. The fraction of sp³-hybridized carbons (Fsp3) is 0.393. The Morgan fingerprint density at radius 2 is 1.89 bits per heavy atom. The number of carbonyl (C=O) groups excluding carboxylic acids is 2. The first-order valence-corrected chi connectivity index (χ1v) is 12.7. The quantitative estimate of drug-likeness (QED) is 0.217. The van der Waals surface area contributed by atoms with E-state index in [1.54, 1.807) is 25.4 Å². The normalized spacial score (nSPS) is 14.1. The summed E-state index contributed by atoms with van der Waals surface area (Å²) in [5, 5.41) is 0.515. The van der Waals surface area contributed by atoms with E-state index >= 15 is 0 Å². The summed E-state index contributed by atoms with van der Waals surface area (Å²) < 4.78 is 16.1. The van der Waals surface area contributed by atoms with E-state index in [2.05, 4.69) is 10.9 Å². The van der Waals surface area contributed by atoms with Crippen LogP contribution in [0.3, 0.4) is 0 Å². The summed E-state index contributed by atoms with van der Waals surface area (Å²) in [6.07, 6.45) is 10.8. The number of hydrogen-bond acceptors (Lipinski definition) is 6. The standard InChI is InChI=1S/C28H30Cl2N2O5/c1-5-19(3)37-26-15-25(23(29)14-24(26)30)32(17-20-16-31-11-10-18(20)2)27(33)21-8-6-7-9-22(21)28(34)36-13-12-35-4/h1,10-11,14-16,19H,6-9,12-13,17H2,2-4H3. The van der Waals surface area contributed by atoms with E-state index in [9.17, 15) is 9.59 Å². The van der Waals surface area contributed by atoms with E-state index in [0.29, 0.717) is 35.4 Å². The predicted molar refractivity (Wildman–Crippen MR) is 144 cm³/mol. The lowest BCUT2D eigenvalue weighted by Gasteiger charge is -2.29. The van der Waals surface area contributed by atoms with Gasteiger partial charge in [0.15, 0.2) is 6.10 Å². The molecule has 1 aromatic heterocycles. The van der Waals surface area contributed by atoms with E-state index < -0.39 is 12.1 Å². The Labute approximate surface area is 227 Å². The number of amides is 1. The number of pyridine rings is 1. The van der Waals surface area contributed by atoms with Gasteiger partial charge < -0.3 is 19.1 Å². The molecule has 0 fully saturated rings. The summed E-state index contributed by atoms with van der Waals surface area (Å²) in [6, 6.07) is 4.98. The van der Waals surface area contributed by atoms with Gasteiger partial charge in [-0.3, -0.25) is 9.78 Å². The van der Waals surface area contributed by atoms with Crippen LogP contribution in [0.2, 0.25) is 10.0 Å². The van der Waals surface area contributed by atoms with Crippen LogP contribution >= 0.6 is 23.2 Å². The molecule has 1 aromatic carbocycles. The number of terminal acetylenes is 1. The van der Waals surface area contributed by atoms with Gasteiger partial charge in [-0.25, -0.2) is 4.79 Å². The van der Waals surface area contributed by atoms with Crippen molar-refractivity contribution >= 4 is 40.8 Å². The Hall–Kier alpha value is -3.05. The Morgan fingerprint density at radius 3 is 2.57 bits per heavy atom. The highest BCUT2D eigenvalue weighted by Crippen LogP contribution is 2.39. The number of anilines is 1. The zero-order valence-electron chi connectivity index (χ0n) is 21.2. The Morgan fingerprint density at radius 1 is 1.16 bits per heavy atom. The van der Waals surface area contributed by atoms with Crippen LogP contribution in [0.5, 0.6) is 5.75 Å². The zero-order chi connectivity index (χ0) is 26.9. The smallest absolute Gasteiger partial charge is 0.334 e. The molecule has 0 saturated heterocycles. The fourth-order valence-corrected chi connectivity index (χ4v) is 4.50. The second-order valence-electron chi connectivity index (χ2n) is 8.65. The molecule has 1 unspecified atom stereocenters. The van der Waals surface area contributed by atoms with Gasteiger partial charge >= 0.3 is 5.97 Å². The number of rotatable bonds is 10. The van der Waals surface area contributed by atoms with E-state index in [1.807, 2.05) is 13.0 Å². The first kappa shape index (κ1) is 28.5. The van der Waals surface area contributed by atoms with Gasteiger partial charge in [-0.15, -0.1) is 6.42 Å². The molecule has 1 amide bonds. The highest BCUT2D eigenvalue weighted by Gasteiger charge is 2.30. The van der Waals surface area contributed by atoms with Crippen LogP contribution in [0.4, 0.5) is 5.69 Å². The zero-order valence-corrected chi connectivity index (χ0v) is 22.7. The summed E-state index contributed by atoms with van der Waals surface area (Å²) in [5.74, 6) is 1.94. The molecule has 0 saturated carbocycles. The van der Waals surface area contributed by atoms with Crippen LogP contribution in [-0.2, 0) is 25.6 Å². The molecule has 1 aliphatic carbocycles. The molecule has 0 radical (unpaired) electrons. The molecular formula is C28H30Cl2N2O5. The number of benzene rings is 1. The predicted octanol–water partition coefficient (Wildman–Crippen LogP) is 5.69. The van der Waals surface area contributed by atoms with Crippen LogP contribution in [0.1, 0.15) is 43.7 Å². The van der Waals surface area contributed by atoms with Crippen LogP contribution in [0, 0.1) is 19.3 Å². The Kier molecular flexibility index (Phi) is 10.4. The number of aryl methyl sites for hydroxylation is 1. The average molecular weight is 545 g/mol. The molecule has 2 aromatic rings. The van der Waals surface area contributed by atoms with Crippen molar-refractivity contribution in [1.29, 1.82) is 0 Å². The van der Waals surface area contributed by atoms with Crippen LogP contribution in [-0.4, -0.2) is 43.3 Å². The lowest BCUT2D eigenvalue weighted by molar-refractivity contribution is -0.140. The van der Waals surface area contributed by atoms with Crippen molar-refractivity contribution in [2.45, 2.75) is 52.2 Å². The molecule has 1 aliphatic rings. The molecule has 0 spiro atoms. The number of methoxy groups -OCH3 is 1. The van der Waals surface area contributed by atoms with Crippen molar-refractivity contribution in [2.24, 2.45) is 0 Å². The number of esters is 1. The van der Waals surface area contributed by atoms with Crippen LogP contribution in [0.15, 0.2) is 41.7 Å². The SMILES string of the molecule is C#CC(C)Oc1cc(N(Cc2cnccc2C)C(=O)C2=C(C(=O)OCCOC)CCCC2)c(Cl)cc1Cl. The molecule has 37 heavy (non-hydrogen) atoms. The van der Waals surface area contributed by atoms with Crippen molar-refractivity contribution in [1.82, 2.24) is 4.98 Å². The molecule has 3 rings (SSSR count). The van der Waals surface area contributed by atoms with Gasteiger partial charge in [-0.1, -0.05) is 29.1 Å². The highest BCUT2D eigenvalue weighted by molar-refractivity contribution is 6.37. The van der Waals surface area contributed by atoms with Crippen molar-refractivity contribution in [2.75, 3.05) is 25.2 Å². The third kappa shape index (κ3) is 7.26. The van der Waals surface area contributed by atoms with Crippen LogP contribution in [0.25, 0.3) is 0 Å². The van der Waals surface area contributed by atoms with E-state index in [0.717, 1.165) is 24.0 Å². The second-order valence-corrected chi connectivity index (χ2v) is 9.46. The van der Waals surface area contributed by atoms with Crippen LogP contribution < -0.4 is 9.64 Å². The maximum Gasteiger partial charge on any atom is 0.334 e. The first-order chi connectivity index (χ1) is 17.8. The number of carbonyl (C=O) groups is 2. The fourth-order valence-electron chi connectivity index (χ4n) is 3.97. The van der Waals surface area contributed by atoms with Gasteiger partial charge in [0.05, 0.1) is 28.9 Å². The maximum absolute atomic E-state index is 14.1. The Bertz CT molecular complexity index is 1220. The lowest BCUT2D eigenvalue weighted by Crippen LogP contribution is -2.34. The summed E-state index contributed by atoms with van der Waals surface area (Å²) in [6.45, 7) is 4.19. The van der Waals surface area contributed by atoms with Gasteiger partial charge in [0.2, 0.25) is 0 Å². The number of ether oxygens (including phenoxy) is 3. The average Bonchev–Trinajstić information content (AvgIpc) is 2.89. The van der Waals surface area contributed by atoms with E-state index in [-0.39, 0.29) is 35.7 Å². The van der Waals surface area contributed by atoms with Gasteiger partial charge in [0.1, 0.15) is 12.4 Å². The van der Waals surface area contributed by atoms with Crippen molar-refractivity contribution in [3.05, 3.63) is 62.9 Å². The van der Waals surface area contributed by atoms with E-state index in [1.165, 1.54) is 18.1 Å². The van der Waals surface area contributed by atoms with Gasteiger partial charge in [0.25, 0.3) is 5.91 Å². The monoisotopic (exact) mass is 544 g/mol. The molecule has 1 atom stereocenters. The van der Waals surface area contributed by atoms with Gasteiger partial charge in [-0.05, 0) is 62.8 Å². The third-order valence-electron chi connectivity index (χ3n) is 6.04. The van der Waals surface area contributed by atoms with Crippen molar-refractivity contribution in [3.63, 3.8) is 0 Å². The first-order valence-electron chi connectivity index (χ1n) is 12.0. The second kappa shape index (κ2) is 13.5. The Balaban J connectivity index is 2.10. The molecule has 0 aliphatic heterocycles. The lowest BCUT2D eigenvalue weighted by atomic mass is 9.90.